The van der Waals surface area contributed by atoms with Gasteiger partial charge in [-0.15, -0.1) is 0 Å². The van der Waals surface area contributed by atoms with Crippen LogP contribution in [0.15, 0.2) is 11.0 Å². The van der Waals surface area contributed by atoms with Crippen LogP contribution in [-0.4, -0.2) is 89.5 Å². The van der Waals surface area contributed by atoms with Crippen molar-refractivity contribution in [2.75, 3.05) is 66.0 Å². The standard InChI is InChI=1S/C21H34N4O3S/c1-16-14-17(2)19(4)21(18(16)3)29(27,28)25-12-10-24(11-13-25)20(26)15-23-8-6-22(5)7-9-23/h14H,6-13,15H2,1-5H3/p+2. The number of likely N-dealkylation sites (N-methyl/N-ethyl adjacent to an activating group) is 1. The van der Waals surface area contributed by atoms with Crippen LogP contribution >= 0.6 is 0 Å². The second-order valence-electron chi connectivity index (χ2n) is 8.76. The molecule has 0 bridgehead atoms. The predicted octanol–water partition coefficient (Wildman–Crippen LogP) is -1.83. The zero-order chi connectivity index (χ0) is 21.3. The SMILES string of the molecule is Cc1cc(C)c(C)c(S(=O)(=O)N2CCN(C(=O)C[NH+]3CC[NH+](C)CC3)CC2)c1C. The van der Waals surface area contributed by atoms with Gasteiger partial charge in [0.25, 0.3) is 5.91 Å². The molecule has 7 nitrogen and oxygen atoms in total. The van der Waals surface area contributed by atoms with Crippen molar-refractivity contribution in [3.63, 3.8) is 0 Å². The Morgan fingerprint density at radius 3 is 1.97 bits per heavy atom. The molecule has 2 aliphatic heterocycles. The number of aryl methyl sites for hydroxylation is 2. The van der Waals surface area contributed by atoms with Gasteiger partial charge in [0.1, 0.15) is 26.2 Å². The van der Waals surface area contributed by atoms with Crippen LogP contribution in [0.3, 0.4) is 0 Å². The van der Waals surface area contributed by atoms with E-state index in [0.29, 0.717) is 37.6 Å². The van der Waals surface area contributed by atoms with Crippen molar-refractivity contribution < 1.29 is 23.0 Å². The Hall–Kier alpha value is -1.48. The number of nitrogens with one attached hydrogen (secondary N) is 2. The molecule has 0 spiro atoms. The maximum absolute atomic E-state index is 13.4. The van der Waals surface area contributed by atoms with Crippen LogP contribution in [-0.2, 0) is 14.8 Å². The summed E-state index contributed by atoms with van der Waals surface area (Å²) < 4.78 is 28.3. The van der Waals surface area contributed by atoms with Crippen molar-refractivity contribution >= 4 is 15.9 Å². The first-order valence-corrected chi connectivity index (χ1v) is 12.1. The molecule has 0 saturated carbocycles. The summed E-state index contributed by atoms with van der Waals surface area (Å²) >= 11 is 0. The minimum Gasteiger partial charge on any atom is -0.335 e. The van der Waals surface area contributed by atoms with Crippen molar-refractivity contribution in [3.05, 3.63) is 28.3 Å². The molecule has 1 amide bonds. The third-order valence-corrected chi connectivity index (χ3v) is 8.87. The molecule has 1 aromatic carbocycles. The molecule has 0 aromatic heterocycles. The number of hydrogen-bond acceptors (Lipinski definition) is 3. The Bertz CT molecular complexity index is 842. The van der Waals surface area contributed by atoms with Crippen LogP contribution in [0.1, 0.15) is 22.3 Å². The van der Waals surface area contributed by atoms with Crippen LogP contribution in [0, 0.1) is 27.7 Å². The molecule has 0 aliphatic carbocycles. The Kier molecular flexibility index (Phi) is 6.67. The molecule has 0 unspecified atom stereocenters. The Morgan fingerprint density at radius 2 is 1.45 bits per heavy atom. The molecule has 0 radical (unpaired) electrons. The zero-order valence-electron chi connectivity index (χ0n) is 18.5. The minimum atomic E-state index is -3.56. The van der Waals surface area contributed by atoms with Crippen molar-refractivity contribution in [2.24, 2.45) is 0 Å². The predicted molar refractivity (Wildman–Crippen MR) is 113 cm³/mol. The van der Waals surface area contributed by atoms with E-state index in [2.05, 4.69) is 7.05 Å². The van der Waals surface area contributed by atoms with Gasteiger partial charge in [-0.2, -0.15) is 4.31 Å². The lowest BCUT2D eigenvalue weighted by atomic mass is 10.0. The molecule has 0 atom stereocenters. The van der Waals surface area contributed by atoms with E-state index in [1.165, 1.54) is 9.80 Å². The quantitative estimate of drug-likeness (QED) is 0.598. The van der Waals surface area contributed by atoms with E-state index in [4.69, 9.17) is 0 Å². The summed E-state index contributed by atoms with van der Waals surface area (Å²) in [6.45, 7) is 14.1. The first kappa shape index (κ1) is 22.2. The zero-order valence-corrected chi connectivity index (χ0v) is 19.3. The van der Waals surface area contributed by atoms with Crippen LogP contribution in [0.4, 0.5) is 0 Å². The van der Waals surface area contributed by atoms with Gasteiger partial charge in [0.2, 0.25) is 10.0 Å². The molecule has 2 N–H and O–H groups in total. The number of nitrogens with zero attached hydrogens (tertiary/aromatic N) is 2. The van der Waals surface area contributed by atoms with E-state index < -0.39 is 10.0 Å². The highest BCUT2D eigenvalue weighted by molar-refractivity contribution is 7.89. The highest BCUT2D eigenvalue weighted by atomic mass is 32.2. The second kappa shape index (κ2) is 8.71. The highest BCUT2D eigenvalue weighted by Crippen LogP contribution is 2.29. The van der Waals surface area contributed by atoms with Gasteiger partial charge >= 0.3 is 0 Å². The van der Waals surface area contributed by atoms with Gasteiger partial charge in [0.05, 0.1) is 11.9 Å². The molecule has 2 fully saturated rings. The number of hydrogen-bond donors (Lipinski definition) is 2. The van der Waals surface area contributed by atoms with E-state index in [1.54, 1.807) is 4.31 Å². The molecular weight excluding hydrogens is 388 g/mol. The van der Waals surface area contributed by atoms with Crippen LogP contribution < -0.4 is 9.80 Å². The summed E-state index contributed by atoms with van der Waals surface area (Å²) in [6.07, 6.45) is 0. The van der Waals surface area contributed by atoms with Gasteiger partial charge in [0, 0.05) is 26.2 Å². The van der Waals surface area contributed by atoms with Gasteiger partial charge in [-0.3, -0.25) is 4.79 Å². The monoisotopic (exact) mass is 424 g/mol. The number of benzene rings is 1. The van der Waals surface area contributed by atoms with Crippen molar-refractivity contribution in [3.8, 4) is 0 Å². The minimum absolute atomic E-state index is 0.148. The fourth-order valence-corrected chi connectivity index (χ4v) is 6.41. The largest absolute Gasteiger partial charge is 0.335 e. The molecule has 2 saturated heterocycles. The van der Waals surface area contributed by atoms with Crippen molar-refractivity contribution in [2.45, 2.75) is 32.6 Å². The van der Waals surface area contributed by atoms with Gasteiger partial charge in [0.15, 0.2) is 6.54 Å². The highest BCUT2D eigenvalue weighted by Gasteiger charge is 2.34. The summed E-state index contributed by atoms with van der Waals surface area (Å²) in [6, 6.07) is 2.04. The van der Waals surface area contributed by atoms with Crippen LogP contribution in [0.25, 0.3) is 0 Å². The van der Waals surface area contributed by atoms with E-state index in [0.717, 1.165) is 48.4 Å². The first-order chi connectivity index (χ1) is 13.6. The second-order valence-corrected chi connectivity index (χ2v) is 10.6. The number of piperazine rings is 2. The molecule has 2 heterocycles. The number of carbonyl (C=O) groups excluding carboxylic acids is 1. The van der Waals surface area contributed by atoms with Crippen LogP contribution in [0.5, 0.6) is 0 Å². The van der Waals surface area contributed by atoms with Crippen molar-refractivity contribution in [1.82, 2.24) is 9.21 Å². The summed E-state index contributed by atoms with van der Waals surface area (Å²) in [5.74, 6) is 0.148. The Morgan fingerprint density at radius 1 is 0.931 bits per heavy atom. The number of carbonyl (C=O) groups is 1. The van der Waals surface area contributed by atoms with Gasteiger partial charge in [-0.05, 0) is 49.9 Å². The van der Waals surface area contributed by atoms with Gasteiger partial charge in [-0.1, -0.05) is 6.07 Å². The van der Waals surface area contributed by atoms with E-state index in [9.17, 15) is 13.2 Å². The maximum atomic E-state index is 13.4. The number of sulfonamides is 1. The third kappa shape index (κ3) is 4.66. The third-order valence-electron chi connectivity index (χ3n) is 6.70. The fraction of sp³-hybridized carbons (Fsp3) is 0.667. The normalized spacial score (nSPS) is 24.0. The lowest BCUT2D eigenvalue weighted by Crippen LogP contribution is -3.27. The van der Waals surface area contributed by atoms with E-state index in [1.807, 2.05) is 38.7 Å². The summed E-state index contributed by atoms with van der Waals surface area (Å²) in [7, 11) is -1.37. The lowest BCUT2D eigenvalue weighted by Gasteiger charge is -2.35. The molecule has 29 heavy (non-hydrogen) atoms. The molecule has 1 aromatic rings. The maximum Gasteiger partial charge on any atom is 0.277 e. The smallest absolute Gasteiger partial charge is 0.277 e. The van der Waals surface area contributed by atoms with Gasteiger partial charge < -0.3 is 14.7 Å². The van der Waals surface area contributed by atoms with Crippen molar-refractivity contribution in [1.29, 1.82) is 0 Å². The number of amides is 1. The molecular formula is C21H36N4O3S+2. The average molecular weight is 425 g/mol. The lowest BCUT2D eigenvalue weighted by molar-refractivity contribution is -1.000. The molecule has 3 rings (SSSR count). The molecule has 8 heteroatoms. The average Bonchev–Trinajstić information content (AvgIpc) is 2.68. The number of rotatable bonds is 4. The van der Waals surface area contributed by atoms with E-state index >= 15 is 0 Å². The van der Waals surface area contributed by atoms with E-state index in [-0.39, 0.29) is 5.91 Å². The van der Waals surface area contributed by atoms with Crippen LogP contribution in [0.2, 0.25) is 0 Å². The summed E-state index contributed by atoms with van der Waals surface area (Å²) in [4.78, 5) is 17.9. The van der Waals surface area contributed by atoms with Gasteiger partial charge in [-0.25, -0.2) is 8.42 Å². The molecule has 2 aliphatic rings. The fourth-order valence-electron chi connectivity index (χ4n) is 4.41. The first-order valence-electron chi connectivity index (χ1n) is 10.6. The summed E-state index contributed by atoms with van der Waals surface area (Å²) in [5, 5.41) is 0. The summed E-state index contributed by atoms with van der Waals surface area (Å²) in [5.41, 5.74) is 3.65. The Balaban J connectivity index is 1.65. The topological polar surface area (TPSA) is 66.6 Å². The molecule has 162 valence electrons. The number of quaternary nitrogens is 2. The Labute approximate surface area is 175 Å².